The van der Waals surface area contributed by atoms with Crippen LogP contribution in [0.2, 0.25) is 0 Å². The van der Waals surface area contributed by atoms with Gasteiger partial charge in [0.05, 0.1) is 0 Å². The van der Waals surface area contributed by atoms with E-state index in [4.69, 9.17) is 5.11 Å². The number of amides is 1. The number of carboxylic acid groups (broad SMARTS) is 1. The smallest absolute Gasteiger partial charge is 0.320 e. The summed E-state index contributed by atoms with van der Waals surface area (Å²) in [6, 6.07) is -0.440. The minimum Gasteiger partial charge on any atom is -0.480 e. The van der Waals surface area contributed by atoms with Gasteiger partial charge in [0, 0.05) is 13.0 Å². The SMILES string of the molecule is CCC/C=C/CCC(=O)NCCCC[C@@H](C(=O)O)N(C)C. The van der Waals surface area contributed by atoms with Crippen LogP contribution in [-0.4, -0.2) is 48.6 Å². The summed E-state index contributed by atoms with van der Waals surface area (Å²) in [6.45, 7) is 2.75. The summed E-state index contributed by atoms with van der Waals surface area (Å²) in [5, 5.41) is 11.9. The normalized spacial score (nSPS) is 12.8. The fourth-order valence-corrected chi connectivity index (χ4v) is 2.00. The summed E-state index contributed by atoms with van der Waals surface area (Å²) in [5.41, 5.74) is 0. The monoisotopic (exact) mass is 298 g/mol. The van der Waals surface area contributed by atoms with Crippen molar-refractivity contribution in [3.8, 4) is 0 Å². The van der Waals surface area contributed by atoms with Crippen molar-refractivity contribution >= 4 is 11.9 Å². The topological polar surface area (TPSA) is 69.6 Å². The van der Waals surface area contributed by atoms with Crippen LogP contribution in [0.4, 0.5) is 0 Å². The Hall–Kier alpha value is -1.36. The highest BCUT2D eigenvalue weighted by molar-refractivity contribution is 5.76. The van der Waals surface area contributed by atoms with Crippen molar-refractivity contribution in [3.05, 3.63) is 12.2 Å². The molecule has 0 bridgehead atoms. The van der Waals surface area contributed by atoms with E-state index in [1.54, 1.807) is 19.0 Å². The van der Waals surface area contributed by atoms with Crippen LogP contribution in [0.15, 0.2) is 12.2 Å². The first-order chi connectivity index (χ1) is 9.99. The number of carbonyl (C=O) groups is 2. The first-order valence-electron chi connectivity index (χ1n) is 7.80. The molecule has 0 aromatic rings. The lowest BCUT2D eigenvalue weighted by Gasteiger charge is -2.19. The zero-order valence-corrected chi connectivity index (χ0v) is 13.6. The van der Waals surface area contributed by atoms with Crippen LogP contribution >= 0.6 is 0 Å². The maximum Gasteiger partial charge on any atom is 0.320 e. The van der Waals surface area contributed by atoms with Gasteiger partial charge in [-0.05, 0) is 46.2 Å². The zero-order chi connectivity index (χ0) is 16.1. The predicted octanol–water partition coefficient (Wildman–Crippen LogP) is 2.42. The molecule has 0 aliphatic carbocycles. The molecule has 1 atom stereocenters. The predicted molar refractivity (Wildman–Crippen MR) is 85.3 cm³/mol. The number of carboxylic acids is 1. The molecule has 0 heterocycles. The molecule has 0 radical (unpaired) electrons. The van der Waals surface area contributed by atoms with Gasteiger partial charge < -0.3 is 10.4 Å². The van der Waals surface area contributed by atoms with E-state index in [9.17, 15) is 9.59 Å². The van der Waals surface area contributed by atoms with Crippen molar-refractivity contribution in [2.24, 2.45) is 0 Å². The van der Waals surface area contributed by atoms with Gasteiger partial charge in [0.15, 0.2) is 0 Å². The number of aliphatic carboxylic acids is 1. The molecule has 0 spiro atoms. The summed E-state index contributed by atoms with van der Waals surface area (Å²) in [6.07, 6.45) is 9.89. The van der Waals surface area contributed by atoms with Gasteiger partial charge >= 0.3 is 5.97 Å². The van der Waals surface area contributed by atoms with E-state index in [0.717, 1.165) is 32.1 Å². The van der Waals surface area contributed by atoms with Crippen LogP contribution in [0.5, 0.6) is 0 Å². The van der Waals surface area contributed by atoms with Gasteiger partial charge in [0.1, 0.15) is 6.04 Å². The Balaban J connectivity index is 3.62. The molecule has 0 unspecified atom stereocenters. The number of nitrogens with zero attached hydrogens (tertiary/aromatic N) is 1. The van der Waals surface area contributed by atoms with Crippen LogP contribution in [-0.2, 0) is 9.59 Å². The van der Waals surface area contributed by atoms with E-state index in [0.29, 0.717) is 19.4 Å². The highest BCUT2D eigenvalue weighted by atomic mass is 16.4. The summed E-state index contributed by atoms with van der Waals surface area (Å²) >= 11 is 0. The summed E-state index contributed by atoms with van der Waals surface area (Å²) in [4.78, 5) is 24.2. The van der Waals surface area contributed by atoms with E-state index < -0.39 is 12.0 Å². The number of nitrogens with one attached hydrogen (secondary N) is 1. The molecule has 1 amide bonds. The fraction of sp³-hybridized carbons (Fsp3) is 0.750. The molecule has 0 fully saturated rings. The summed E-state index contributed by atoms with van der Waals surface area (Å²) in [7, 11) is 3.54. The minimum atomic E-state index is -0.789. The largest absolute Gasteiger partial charge is 0.480 e. The lowest BCUT2D eigenvalue weighted by molar-refractivity contribution is -0.142. The molecule has 0 saturated heterocycles. The fourth-order valence-electron chi connectivity index (χ4n) is 2.00. The lowest BCUT2D eigenvalue weighted by atomic mass is 10.1. The standard InChI is InChI=1S/C16H30N2O3/c1-4-5-6-7-8-12-15(19)17-13-10-9-11-14(16(20)21)18(2)3/h6-7,14H,4-5,8-13H2,1-3H3,(H,17,19)(H,20,21)/b7-6+/t14-/m0/s1. The molecule has 0 saturated carbocycles. The van der Waals surface area contributed by atoms with Crippen LogP contribution in [0, 0.1) is 0 Å². The average molecular weight is 298 g/mol. The number of rotatable bonds is 12. The van der Waals surface area contributed by atoms with E-state index in [1.165, 1.54) is 0 Å². The summed E-state index contributed by atoms with van der Waals surface area (Å²) < 4.78 is 0. The molecule has 122 valence electrons. The molecule has 5 heteroatoms. The second-order valence-electron chi connectivity index (χ2n) is 5.46. The Morgan fingerprint density at radius 2 is 1.86 bits per heavy atom. The van der Waals surface area contributed by atoms with Gasteiger partial charge in [0.2, 0.25) is 5.91 Å². The van der Waals surface area contributed by atoms with Crippen LogP contribution < -0.4 is 5.32 Å². The molecule has 0 aromatic heterocycles. The number of hydrogen-bond acceptors (Lipinski definition) is 3. The number of hydrogen-bond donors (Lipinski definition) is 2. The van der Waals surface area contributed by atoms with Crippen molar-refractivity contribution < 1.29 is 14.7 Å². The Kier molecular flexibility index (Phi) is 11.6. The number of unbranched alkanes of at least 4 members (excludes halogenated alkanes) is 2. The van der Waals surface area contributed by atoms with Crippen molar-refractivity contribution in [3.63, 3.8) is 0 Å². The van der Waals surface area contributed by atoms with E-state index >= 15 is 0 Å². The van der Waals surface area contributed by atoms with Gasteiger partial charge in [-0.3, -0.25) is 14.5 Å². The van der Waals surface area contributed by atoms with Crippen molar-refractivity contribution in [1.29, 1.82) is 0 Å². The summed E-state index contributed by atoms with van der Waals surface area (Å²) in [5.74, 6) is -0.721. The maximum absolute atomic E-state index is 11.5. The maximum atomic E-state index is 11.5. The Morgan fingerprint density at radius 1 is 1.19 bits per heavy atom. The molecule has 0 aliphatic heterocycles. The third-order valence-electron chi connectivity index (χ3n) is 3.29. The van der Waals surface area contributed by atoms with E-state index in [-0.39, 0.29) is 5.91 Å². The van der Waals surface area contributed by atoms with Crippen LogP contribution in [0.1, 0.15) is 51.9 Å². The highest BCUT2D eigenvalue weighted by Gasteiger charge is 2.18. The van der Waals surface area contributed by atoms with Crippen molar-refractivity contribution in [2.45, 2.75) is 57.9 Å². The third kappa shape index (κ3) is 11.0. The minimum absolute atomic E-state index is 0.0681. The van der Waals surface area contributed by atoms with Gasteiger partial charge in [-0.25, -0.2) is 0 Å². The van der Waals surface area contributed by atoms with Crippen molar-refractivity contribution in [2.75, 3.05) is 20.6 Å². The Labute approximate surface area is 128 Å². The molecule has 0 rings (SSSR count). The molecule has 0 aromatic carbocycles. The van der Waals surface area contributed by atoms with E-state index in [2.05, 4.69) is 24.4 Å². The van der Waals surface area contributed by atoms with Gasteiger partial charge in [-0.15, -0.1) is 0 Å². The number of allylic oxidation sites excluding steroid dienone is 2. The quantitative estimate of drug-likeness (QED) is 0.429. The first kappa shape index (κ1) is 19.6. The van der Waals surface area contributed by atoms with Gasteiger partial charge in [-0.1, -0.05) is 25.5 Å². The third-order valence-corrected chi connectivity index (χ3v) is 3.29. The molecule has 0 aliphatic rings. The first-order valence-corrected chi connectivity index (χ1v) is 7.80. The van der Waals surface area contributed by atoms with E-state index in [1.807, 2.05) is 0 Å². The molecule has 2 N–H and O–H groups in total. The highest BCUT2D eigenvalue weighted by Crippen LogP contribution is 2.05. The Bertz CT molecular complexity index is 327. The molecular weight excluding hydrogens is 268 g/mol. The average Bonchev–Trinajstić information content (AvgIpc) is 2.41. The second kappa shape index (κ2) is 12.4. The lowest BCUT2D eigenvalue weighted by Crippen LogP contribution is -2.35. The molecular formula is C16H30N2O3. The van der Waals surface area contributed by atoms with Crippen LogP contribution in [0.3, 0.4) is 0 Å². The van der Waals surface area contributed by atoms with Gasteiger partial charge in [0.25, 0.3) is 0 Å². The van der Waals surface area contributed by atoms with Gasteiger partial charge in [-0.2, -0.15) is 0 Å². The second-order valence-corrected chi connectivity index (χ2v) is 5.46. The Morgan fingerprint density at radius 3 is 2.43 bits per heavy atom. The number of carbonyl (C=O) groups excluding carboxylic acids is 1. The van der Waals surface area contributed by atoms with Crippen LogP contribution in [0.25, 0.3) is 0 Å². The molecule has 21 heavy (non-hydrogen) atoms. The van der Waals surface area contributed by atoms with Crippen molar-refractivity contribution in [1.82, 2.24) is 10.2 Å². The molecule has 5 nitrogen and oxygen atoms in total. The zero-order valence-electron chi connectivity index (χ0n) is 13.6. The number of likely N-dealkylation sites (N-methyl/N-ethyl adjacent to an activating group) is 1.